The molecule has 2 N–H and O–H groups in total. The van der Waals surface area contributed by atoms with Gasteiger partial charge in [0.15, 0.2) is 5.76 Å². The summed E-state index contributed by atoms with van der Waals surface area (Å²) in [6, 6.07) is 2.70. The van der Waals surface area contributed by atoms with Gasteiger partial charge in [-0.15, -0.1) is 0 Å². The smallest absolute Gasteiger partial charge is 0.399 e. The first-order chi connectivity index (χ1) is 5.65. The molecule has 1 aromatic rings. The van der Waals surface area contributed by atoms with E-state index in [1.54, 1.807) is 6.92 Å². The fraction of sp³-hybridized carbons (Fsp3) is 0.167. The summed E-state index contributed by atoms with van der Waals surface area (Å²) in [4.78, 5) is 9.55. The van der Waals surface area contributed by atoms with Gasteiger partial charge in [0.05, 0.1) is 11.8 Å². The van der Waals surface area contributed by atoms with E-state index in [-0.39, 0.29) is 5.88 Å². The molecule has 1 rings (SSSR count). The van der Waals surface area contributed by atoms with Crippen molar-refractivity contribution < 1.29 is 9.34 Å². The molecule has 0 aromatic carbocycles. The molecule has 6 heteroatoms. The SMILES string of the molecule is CC(=NN)c1ccc([N+](=O)[O-])o1. The largest absolute Gasteiger partial charge is 0.433 e. The van der Waals surface area contributed by atoms with Gasteiger partial charge in [-0.25, -0.2) is 0 Å². The van der Waals surface area contributed by atoms with Crippen molar-refractivity contribution in [2.24, 2.45) is 10.9 Å². The molecule has 0 atom stereocenters. The van der Waals surface area contributed by atoms with Gasteiger partial charge in [-0.3, -0.25) is 10.1 Å². The van der Waals surface area contributed by atoms with E-state index in [9.17, 15) is 10.1 Å². The van der Waals surface area contributed by atoms with Crippen LogP contribution in [-0.2, 0) is 0 Å². The van der Waals surface area contributed by atoms with Crippen LogP contribution in [0.5, 0.6) is 0 Å². The minimum atomic E-state index is -0.618. The number of nitro groups is 1. The van der Waals surface area contributed by atoms with Crippen LogP contribution in [0.2, 0.25) is 0 Å². The van der Waals surface area contributed by atoms with Crippen molar-refractivity contribution in [3.8, 4) is 0 Å². The molecule has 0 fully saturated rings. The Kier molecular flexibility index (Phi) is 2.09. The second-order valence-corrected chi connectivity index (χ2v) is 2.11. The molecular weight excluding hydrogens is 162 g/mol. The predicted molar refractivity (Wildman–Crippen MR) is 41.8 cm³/mol. The molecule has 12 heavy (non-hydrogen) atoms. The van der Waals surface area contributed by atoms with E-state index in [0.29, 0.717) is 11.5 Å². The maximum absolute atomic E-state index is 10.2. The number of rotatable bonds is 2. The van der Waals surface area contributed by atoms with E-state index in [0.717, 1.165) is 0 Å². The van der Waals surface area contributed by atoms with Gasteiger partial charge in [0.1, 0.15) is 4.92 Å². The number of hydrogen-bond acceptors (Lipinski definition) is 5. The summed E-state index contributed by atoms with van der Waals surface area (Å²) in [6.45, 7) is 1.60. The first-order valence-corrected chi connectivity index (χ1v) is 3.14. The lowest BCUT2D eigenvalue weighted by Crippen LogP contribution is -1.96. The van der Waals surface area contributed by atoms with Gasteiger partial charge >= 0.3 is 5.88 Å². The van der Waals surface area contributed by atoms with Crippen LogP contribution >= 0.6 is 0 Å². The number of nitrogens with two attached hydrogens (primary N) is 1. The Morgan fingerprint density at radius 1 is 1.75 bits per heavy atom. The summed E-state index contributed by atoms with van der Waals surface area (Å²) >= 11 is 0. The van der Waals surface area contributed by atoms with Crippen molar-refractivity contribution in [3.63, 3.8) is 0 Å². The summed E-state index contributed by atoms with van der Waals surface area (Å²) in [6.07, 6.45) is 0. The average Bonchev–Trinajstić information content (AvgIpc) is 2.51. The standard InChI is InChI=1S/C6H7N3O3/c1-4(8-7)5-2-3-6(12-5)9(10)11/h2-3H,7H2,1H3. The molecule has 0 aliphatic heterocycles. The van der Waals surface area contributed by atoms with E-state index in [4.69, 9.17) is 10.3 Å². The zero-order chi connectivity index (χ0) is 9.14. The Balaban J connectivity index is 2.99. The molecule has 1 aromatic heterocycles. The molecule has 0 bridgehead atoms. The fourth-order valence-electron chi connectivity index (χ4n) is 0.684. The molecule has 0 unspecified atom stereocenters. The third-order valence-electron chi connectivity index (χ3n) is 1.32. The van der Waals surface area contributed by atoms with Crippen LogP contribution in [0.1, 0.15) is 12.7 Å². The molecule has 1 heterocycles. The summed E-state index contributed by atoms with van der Waals surface area (Å²) < 4.78 is 4.79. The minimum absolute atomic E-state index is 0.309. The zero-order valence-electron chi connectivity index (χ0n) is 6.35. The van der Waals surface area contributed by atoms with Crippen LogP contribution in [0, 0.1) is 10.1 Å². The van der Waals surface area contributed by atoms with Gasteiger partial charge in [-0.05, 0) is 13.0 Å². The number of nitrogens with zero attached hydrogens (tertiary/aromatic N) is 2. The van der Waals surface area contributed by atoms with Crippen molar-refractivity contribution in [1.82, 2.24) is 0 Å². The maximum Gasteiger partial charge on any atom is 0.433 e. The normalized spacial score (nSPS) is 11.6. The molecule has 0 spiro atoms. The predicted octanol–water partition coefficient (Wildman–Crippen LogP) is 0.871. The highest BCUT2D eigenvalue weighted by molar-refractivity contribution is 5.96. The van der Waals surface area contributed by atoms with Crippen LogP contribution in [0.3, 0.4) is 0 Å². The Morgan fingerprint density at radius 2 is 2.42 bits per heavy atom. The average molecular weight is 169 g/mol. The van der Waals surface area contributed by atoms with Gasteiger partial charge < -0.3 is 10.3 Å². The van der Waals surface area contributed by atoms with Crippen molar-refractivity contribution >= 4 is 11.6 Å². The molecular formula is C6H7N3O3. The van der Waals surface area contributed by atoms with Gasteiger partial charge in [-0.1, -0.05) is 0 Å². The van der Waals surface area contributed by atoms with Crippen LogP contribution in [0.15, 0.2) is 21.7 Å². The monoisotopic (exact) mass is 169 g/mol. The lowest BCUT2D eigenvalue weighted by molar-refractivity contribution is -0.402. The number of hydrazone groups is 1. The van der Waals surface area contributed by atoms with Crippen molar-refractivity contribution in [2.75, 3.05) is 0 Å². The molecule has 0 aliphatic rings. The van der Waals surface area contributed by atoms with Crippen molar-refractivity contribution in [3.05, 3.63) is 28.0 Å². The van der Waals surface area contributed by atoms with Gasteiger partial charge in [0.25, 0.3) is 0 Å². The lowest BCUT2D eigenvalue weighted by atomic mass is 10.3. The van der Waals surface area contributed by atoms with E-state index < -0.39 is 4.92 Å². The molecule has 0 saturated carbocycles. The highest BCUT2D eigenvalue weighted by Crippen LogP contribution is 2.15. The second-order valence-electron chi connectivity index (χ2n) is 2.11. The lowest BCUT2D eigenvalue weighted by Gasteiger charge is -1.88. The van der Waals surface area contributed by atoms with Gasteiger partial charge in [-0.2, -0.15) is 5.10 Å². The summed E-state index contributed by atoms with van der Waals surface area (Å²) in [5.41, 5.74) is 0.420. The molecule has 0 saturated heterocycles. The highest BCUT2D eigenvalue weighted by Gasteiger charge is 2.12. The van der Waals surface area contributed by atoms with Crippen LogP contribution < -0.4 is 5.84 Å². The Bertz CT molecular complexity index is 329. The second kappa shape index (κ2) is 3.04. The Morgan fingerprint density at radius 3 is 2.83 bits per heavy atom. The quantitative estimate of drug-likeness (QED) is 0.307. The number of furan rings is 1. The summed E-state index contributed by atoms with van der Waals surface area (Å²) in [7, 11) is 0. The third-order valence-corrected chi connectivity index (χ3v) is 1.32. The highest BCUT2D eigenvalue weighted by atomic mass is 16.6. The number of hydrogen-bond donors (Lipinski definition) is 1. The summed E-state index contributed by atoms with van der Waals surface area (Å²) in [5, 5.41) is 13.5. The molecule has 0 amide bonds. The van der Waals surface area contributed by atoms with Crippen molar-refractivity contribution in [2.45, 2.75) is 6.92 Å². The first kappa shape index (κ1) is 8.25. The van der Waals surface area contributed by atoms with E-state index >= 15 is 0 Å². The summed E-state index contributed by atoms with van der Waals surface area (Å²) in [5.74, 6) is 4.94. The molecule has 6 nitrogen and oxygen atoms in total. The zero-order valence-corrected chi connectivity index (χ0v) is 6.35. The van der Waals surface area contributed by atoms with Crippen LogP contribution in [0.25, 0.3) is 0 Å². The Hall–Kier alpha value is -1.85. The van der Waals surface area contributed by atoms with Crippen LogP contribution in [-0.4, -0.2) is 10.6 Å². The minimum Gasteiger partial charge on any atom is -0.399 e. The molecule has 0 radical (unpaired) electrons. The molecule has 64 valence electrons. The maximum atomic E-state index is 10.2. The van der Waals surface area contributed by atoms with Gasteiger partial charge in [0, 0.05) is 0 Å². The first-order valence-electron chi connectivity index (χ1n) is 3.14. The Labute approximate surface area is 67.8 Å². The third kappa shape index (κ3) is 1.42. The topological polar surface area (TPSA) is 94.7 Å². The molecule has 0 aliphatic carbocycles. The van der Waals surface area contributed by atoms with Gasteiger partial charge in [0.2, 0.25) is 0 Å². The van der Waals surface area contributed by atoms with E-state index in [1.807, 2.05) is 0 Å². The van der Waals surface area contributed by atoms with E-state index in [2.05, 4.69) is 5.10 Å². The van der Waals surface area contributed by atoms with E-state index in [1.165, 1.54) is 12.1 Å². The fourth-order valence-corrected chi connectivity index (χ4v) is 0.684. The van der Waals surface area contributed by atoms with Crippen molar-refractivity contribution in [1.29, 1.82) is 0 Å². The van der Waals surface area contributed by atoms with Crippen LogP contribution in [0.4, 0.5) is 5.88 Å².